The fourth-order valence-corrected chi connectivity index (χ4v) is 4.02. The number of carbonyl (C=O) groups is 1. The molecule has 2 atom stereocenters. The van der Waals surface area contributed by atoms with Crippen molar-refractivity contribution in [1.82, 2.24) is 15.1 Å². The van der Waals surface area contributed by atoms with E-state index in [0.717, 1.165) is 36.9 Å². The van der Waals surface area contributed by atoms with Gasteiger partial charge in [-0.1, -0.05) is 12.8 Å². The summed E-state index contributed by atoms with van der Waals surface area (Å²) in [7, 11) is 1.81. The van der Waals surface area contributed by atoms with Gasteiger partial charge in [-0.2, -0.15) is 5.10 Å². The highest BCUT2D eigenvalue weighted by Crippen LogP contribution is 2.37. The number of amides is 1. The van der Waals surface area contributed by atoms with Gasteiger partial charge in [0.1, 0.15) is 5.69 Å². The molecule has 2 heterocycles. The van der Waals surface area contributed by atoms with Gasteiger partial charge in [-0.15, -0.1) is 0 Å². The number of nitrogens with one attached hydrogen (secondary N) is 1. The van der Waals surface area contributed by atoms with Crippen molar-refractivity contribution in [3.05, 3.63) is 17.0 Å². The van der Waals surface area contributed by atoms with Crippen molar-refractivity contribution in [2.45, 2.75) is 58.2 Å². The maximum atomic E-state index is 12.7. The maximum Gasteiger partial charge on any atom is 0.269 e. The summed E-state index contributed by atoms with van der Waals surface area (Å²) in [6, 6.07) is 0. The molecule has 1 aromatic heterocycles. The average Bonchev–Trinajstić information content (AvgIpc) is 3.10. The third-order valence-corrected chi connectivity index (χ3v) is 5.33. The summed E-state index contributed by atoms with van der Waals surface area (Å²) in [4.78, 5) is 12.7. The number of carbonyl (C=O) groups excluding carboxylic acids is 1. The Bertz CT molecular complexity index is 590. The monoisotopic (exact) mass is 321 g/mol. The van der Waals surface area contributed by atoms with Crippen LogP contribution in [0.4, 0.5) is 0 Å². The summed E-state index contributed by atoms with van der Waals surface area (Å²) < 4.78 is 7.46. The molecule has 1 fully saturated rings. The number of aryl methyl sites for hydroxylation is 1. The van der Waals surface area contributed by atoms with Crippen molar-refractivity contribution < 1.29 is 14.6 Å². The number of fused-ring (bicyclic) bond motifs is 1. The fourth-order valence-electron chi connectivity index (χ4n) is 4.02. The molecule has 0 spiro atoms. The molecule has 0 radical (unpaired) electrons. The van der Waals surface area contributed by atoms with Gasteiger partial charge in [0.15, 0.2) is 0 Å². The standard InChI is InChI=1S/C17H27N3O3/c1-11-8-13-14(12(2)23-11)19-20(3)15(13)16(22)18-9-17(10-21)6-4-5-7-17/h11-12,21H,4-10H2,1-3H3,(H,18,22)/t11-,12+/m1/s1. The van der Waals surface area contributed by atoms with E-state index >= 15 is 0 Å². The first-order valence-electron chi connectivity index (χ1n) is 8.56. The maximum absolute atomic E-state index is 12.7. The van der Waals surface area contributed by atoms with Crippen LogP contribution in [-0.4, -0.2) is 40.0 Å². The van der Waals surface area contributed by atoms with Gasteiger partial charge in [-0.05, 0) is 26.7 Å². The molecule has 0 bridgehead atoms. The lowest BCUT2D eigenvalue weighted by molar-refractivity contribution is -0.00710. The summed E-state index contributed by atoms with van der Waals surface area (Å²) in [6.45, 7) is 4.67. The largest absolute Gasteiger partial charge is 0.396 e. The van der Waals surface area contributed by atoms with Crippen molar-refractivity contribution in [2.75, 3.05) is 13.2 Å². The highest BCUT2D eigenvalue weighted by Gasteiger charge is 2.35. The smallest absolute Gasteiger partial charge is 0.269 e. The number of aliphatic hydroxyl groups excluding tert-OH is 1. The van der Waals surface area contributed by atoms with E-state index in [2.05, 4.69) is 10.4 Å². The minimum atomic E-state index is -0.141. The van der Waals surface area contributed by atoms with Gasteiger partial charge < -0.3 is 15.2 Å². The van der Waals surface area contributed by atoms with Crippen molar-refractivity contribution in [2.24, 2.45) is 12.5 Å². The molecule has 2 N–H and O–H groups in total. The van der Waals surface area contributed by atoms with Gasteiger partial charge in [0, 0.05) is 31.0 Å². The fraction of sp³-hybridized carbons (Fsp3) is 0.765. The van der Waals surface area contributed by atoms with E-state index in [1.54, 1.807) is 4.68 Å². The first kappa shape index (κ1) is 16.5. The van der Waals surface area contributed by atoms with Gasteiger partial charge >= 0.3 is 0 Å². The Morgan fingerprint density at radius 1 is 1.43 bits per heavy atom. The van der Waals surface area contributed by atoms with Crippen molar-refractivity contribution in [3.8, 4) is 0 Å². The van der Waals surface area contributed by atoms with E-state index in [1.165, 1.54) is 0 Å². The lowest BCUT2D eigenvalue weighted by Gasteiger charge is -2.27. The van der Waals surface area contributed by atoms with Gasteiger partial charge in [-0.3, -0.25) is 9.48 Å². The molecule has 6 nitrogen and oxygen atoms in total. The van der Waals surface area contributed by atoms with Crippen molar-refractivity contribution in [3.63, 3.8) is 0 Å². The van der Waals surface area contributed by atoms with Crippen molar-refractivity contribution >= 4 is 5.91 Å². The molecular formula is C17H27N3O3. The second-order valence-electron chi connectivity index (χ2n) is 7.18. The molecule has 1 saturated carbocycles. The number of hydrogen-bond donors (Lipinski definition) is 2. The topological polar surface area (TPSA) is 76.4 Å². The van der Waals surface area contributed by atoms with E-state index in [9.17, 15) is 9.90 Å². The first-order chi connectivity index (χ1) is 11.0. The van der Waals surface area contributed by atoms with Crippen LogP contribution in [0.3, 0.4) is 0 Å². The highest BCUT2D eigenvalue weighted by atomic mass is 16.5. The summed E-state index contributed by atoms with van der Waals surface area (Å²) in [5.41, 5.74) is 2.36. The van der Waals surface area contributed by atoms with Gasteiger partial charge in [0.25, 0.3) is 5.91 Å². The van der Waals surface area contributed by atoms with E-state index in [0.29, 0.717) is 18.7 Å². The van der Waals surface area contributed by atoms with Crippen LogP contribution < -0.4 is 5.32 Å². The molecule has 2 aliphatic rings. The Balaban J connectivity index is 1.78. The SMILES string of the molecule is C[C@@H]1Cc2c(nn(C)c2C(=O)NCC2(CO)CCCC2)[C@H](C)O1. The number of nitrogens with zero attached hydrogens (tertiary/aromatic N) is 2. The third kappa shape index (κ3) is 3.02. The molecule has 1 aliphatic carbocycles. The zero-order chi connectivity index (χ0) is 16.6. The first-order valence-corrected chi connectivity index (χ1v) is 8.56. The van der Waals surface area contributed by atoms with Crippen LogP contribution in [0, 0.1) is 5.41 Å². The van der Waals surface area contributed by atoms with Gasteiger partial charge in [0.2, 0.25) is 0 Å². The predicted octanol–water partition coefficient (Wildman–Crippen LogP) is 1.72. The molecule has 0 saturated heterocycles. The van der Waals surface area contributed by atoms with Crippen LogP contribution in [0.15, 0.2) is 0 Å². The zero-order valence-electron chi connectivity index (χ0n) is 14.3. The van der Waals surface area contributed by atoms with Crippen LogP contribution in [-0.2, 0) is 18.2 Å². The third-order valence-electron chi connectivity index (χ3n) is 5.33. The molecule has 128 valence electrons. The minimum Gasteiger partial charge on any atom is -0.396 e. The molecule has 1 aliphatic heterocycles. The number of aromatic nitrogens is 2. The Morgan fingerprint density at radius 2 is 2.13 bits per heavy atom. The summed E-state index contributed by atoms with van der Waals surface area (Å²) in [5.74, 6) is -0.0951. The lowest BCUT2D eigenvalue weighted by atomic mass is 9.87. The van der Waals surface area contributed by atoms with Crippen LogP contribution >= 0.6 is 0 Å². The number of ether oxygens (including phenoxy) is 1. The second kappa shape index (κ2) is 6.24. The van der Waals surface area contributed by atoms with Gasteiger partial charge in [-0.25, -0.2) is 0 Å². The summed E-state index contributed by atoms with van der Waals surface area (Å²) >= 11 is 0. The summed E-state index contributed by atoms with van der Waals surface area (Å²) in [5, 5.41) is 17.2. The molecule has 6 heteroatoms. The Hall–Kier alpha value is -1.40. The highest BCUT2D eigenvalue weighted by molar-refractivity contribution is 5.94. The predicted molar refractivity (Wildman–Crippen MR) is 86.2 cm³/mol. The molecule has 23 heavy (non-hydrogen) atoms. The Kier molecular flexibility index (Phi) is 4.47. The number of rotatable bonds is 4. The Labute approximate surface area is 137 Å². The zero-order valence-corrected chi connectivity index (χ0v) is 14.3. The minimum absolute atomic E-state index is 0.0832. The number of aliphatic hydroxyl groups is 1. The summed E-state index contributed by atoms with van der Waals surface area (Å²) in [6.07, 6.45) is 4.94. The normalized spacial score (nSPS) is 26.1. The average molecular weight is 321 g/mol. The molecule has 1 aromatic rings. The van der Waals surface area contributed by atoms with Crippen LogP contribution in [0.25, 0.3) is 0 Å². The lowest BCUT2D eigenvalue weighted by Crippen LogP contribution is -2.39. The molecule has 1 amide bonds. The van der Waals surface area contributed by atoms with E-state index < -0.39 is 0 Å². The van der Waals surface area contributed by atoms with Crippen LogP contribution in [0.1, 0.15) is 67.4 Å². The van der Waals surface area contributed by atoms with Crippen LogP contribution in [0.5, 0.6) is 0 Å². The Morgan fingerprint density at radius 3 is 2.78 bits per heavy atom. The van der Waals surface area contributed by atoms with Gasteiger partial charge in [0.05, 0.1) is 24.5 Å². The quantitative estimate of drug-likeness (QED) is 0.885. The van der Waals surface area contributed by atoms with E-state index in [1.807, 2.05) is 20.9 Å². The molecular weight excluding hydrogens is 294 g/mol. The van der Waals surface area contributed by atoms with E-state index in [-0.39, 0.29) is 30.1 Å². The molecule has 0 unspecified atom stereocenters. The second-order valence-corrected chi connectivity index (χ2v) is 7.18. The molecule has 3 rings (SSSR count). The van der Waals surface area contributed by atoms with Crippen LogP contribution in [0.2, 0.25) is 0 Å². The van der Waals surface area contributed by atoms with E-state index in [4.69, 9.17) is 4.74 Å². The number of hydrogen-bond acceptors (Lipinski definition) is 4. The molecule has 0 aromatic carbocycles. The van der Waals surface area contributed by atoms with Crippen molar-refractivity contribution in [1.29, 1.82) is 0 Å².